The van der Waals surface area contributed by atoms with Crippen molar-refractivity contribution >= 4 is 19.9 Å². The molecule has 2 heterocycles. The van der Waals surface area contributed by atoms with E-state index in [0.717, 1.165) is 0 Å². The fourth-order valence-corrected chi connectivity index (χ4v) is 6.36. The van der Waals surface area contributed by atoms with Gasteiger partial charge >= 0.3 is 0 Å². The van der Waals surface area contributed by atoms with Crippen LogP contribution < -0.4 is 4.74 Å². The van der Waals surface area contributed by atoms with Crippen molar-refractivity contribution in [3.05, 3.63) is 35.7 Å². The van der Waals surface area contributed by atoms with Crippen LogP contribution in [0.5, 0.6) is 5.75 Å². The summed E-state index contributed by atoms with van der Waals surface area (Å²) in [5, 5.41) is 3.72. The van der Waals surface area contributed by atoms with E-state index in [4.69, 9.17) is 9.26 Å². The highest BCUT2D eigenvalue weighted by molar-refractivity contribution is 7.91. The zero-order chi connectivity index (χ0) is 21.2. The average molecular weight is 444 g/mol. The van der Waals surface area contributed by atoms with Crippen LogP contribution in [-0.4, -0.2) is 76.8 Å². The van der Waals surface area contributed by atoms with Crippen molar-refractivity contribution in [2.24, 2.45) is 0 Å². The van der Waals surface area contributed by atoms with Crippen molar-refractivity contribution in [3.63, 3.8) is 0 Å². The van der Waals surface area contributed by atoms with Gasteiger partial charge in [0.1, 0.15) is 16.3 Å². The van der Waals surface area contributed by atoms with E-state index in [1.807, 2.05) is 4.90 Å². The highest BCUT2D eigenvalue weighted by Crippen LogP contribution is 2.24. The number of hydrogen-bond donors (Lipinski definition) is 0. The van der Waals surface area contributed by atoms with E-state index in [2.05, 4.69) is 5.16 Å². The minimum absolute atomic E-state index is 0.0449. The maximum Gasteiger partial charge on any atom is 0.248 e. The van der Waals surface area contributed by atoms with Crippen molar-refractivity contribution in [1.29, 1.82) is 0 Å². The van der Waals surface area contributed by atoms with Gasteiger partial charge in [-0.3, -0.25) is 4.90 Å². The number of ether oxygens (including phenoxy) is 1. The Hall–Kier alpha value is -1.95. The molecule has 0 spiro atoms. The van der Waals surface area contributed by atoms with Gasteiger partial charge in [0.25, 0.3) is 0 Å². The third-order valence-electron chi connectivity index (χ3n) is 4.97. The Morgan fingerprint density at radius 1 is 1.10 bits per heavy atom. The molecular weight excluding hydrogens is 418 g/mol. The molecule has 1 fully saturated rings. The summed E-state index contributed by atoms with van der Waals surface area (Å²) in [5.41, 5.74) is 0.342. The van der Waals surface area contributed by atoms with E-state index >= 15 is 0 Å². The fourth-order valence-electron chi connectivity index (χ4n) is 3.33. The maximum atomic E-state index is 12.9. The lowest BCUT2D eigenvalue weighted by atomic mass is 10.3. The Labute approximate surface area is 171 Å². The summed E-state index contributed by atoms with van der Waals surface area (Å²) in [6, 6.07) is 6.39. The smallest absolute Gasteiger partial charge is 0.248 e. The second-order valence-electron chi connectivity index (χ2n) is 6.90. The molecule has 9 nitrogen and oxygen atoms in total. The van der Waals surface area contributed by atoms with E-state index in [9.17, 15) is 16.8 Å². The van der Waals surface area contributed by atoms with Gasteiger partial charge in [-0.05, 0) is 32.0 Å². The summed E-state index contributed by atoms with van der Waals surface area (Å²) in [4.78, 5) is 2.29. The number of sulfone groups is 1. The lowest BCUT2D eigenvalue weighted by Gasteiger charge is -2.33. The number of aryl methyl sites for hydroxylation is 2. The van der Waals surface area contributed by atoms with Gasteiger partial charge in [0.2, 0.25) is 10.0 Å². The minimum Gasteiger partial charge on any atom is -0.497 e. The molecule has 160 valence electrons. The minimum atomic E-state index is -3.68. The van der Waals surface area contributed by atoms with Crippen LogP contribution in [0.25, 0.3) is 0 Å². The van der Waals surface area contributed by atoms with Gasteiger partial charge in [-0.15, -0.1) is 0 Å². The highest BCUT2D eigenvalue weighted by atomic mass is 32.2. The molecule has 0 atom stereocenters. The Morgan fingerprint density at radius 2 is 1.79 bits per heavy atom. The van der Waals surface area contributed by atoms with Crippen LogP contribution in [0.3, 0.4) is 0 Å². The summed E-state index contributed by atoms with van der Waals surface area (Å²) in [6.45, 7) is 4.98. The van der Waals surface area contributed by atoms with Gasteiger partial charge in [-0.1, -0.05) is 11.2 Å². The maximum absolute atomic E-state index is 12.9. The van der Waals surface area contributed by atoms with Gasteiger partial charge in [0, 0.05) is 32.7 Å². The first-order valence-electron chi connectivity index (χ1n) is 9.17. The van der Waals surface area contributed by atoms with E-state index in [-0.39, 0.29) is 34.4 Å². The summed E-state index contributed by atoms with van der Waals surface area (Å²) in [5.74, 6) is 0.718. The Balaban J connectivity index is 1.60. The summed E-state index contributed by atoms with van der Waals surface area (Å²) >= 11 is 0. The lowest BCUT2D eigenvalue weighted by molar-refractivity contribution is 0.197. The number of aromatic nitrogens is 1. The first-order chi connectivity index (χ1) is 13.6. The quantitative estimate of drug-likeness (QED) is 0.625. The molecule has 29 heavy (non-hydrogen) atoms. The van der Waals surface area contributed by atoms with Crippen LogP contribution in [0.15, 0.2) is 38.6 Å². The van der Waals surface area contributed by atoms with Gasteiger partial charge in [-0.25, -0.2) is 16.8 Å². The standard InChI is InChI=1S/C18H25N3O6S2/c1-14-18(15(2)27-19-14)29(24,25)21-9-7-20(8-10-21)11-12-28(22,23)17-6-4-5-16(13-17)26-3/h4-6,13H,7-12H2,1-3H3. The van der Waals surface area contributed by atoms with E-state index in [0.29, 0.717) is 31.1 Å². The molecular formula is C18H25N3O6S2. The Morgan fingerprint density at radius 3 is 2.38 bits per heavy atom. The number of piperazine rings is 1. The van der Waals surface area contributed by atoms with Crippen LogP contribution in [0, 0.1) is 13.8 Å². The van der Waals surface area contributed by atoms with E-state index in [1.54, 1.807) is 32.0 Å². The average Bonchev–Trinajstić information content (AvgIpc) is 3.05. The first-order valence-corrected chi connectivity index (χ1v) is 12.3. The zero-order valence-electron chi connectivity index (χ0n) is 16.7. The fraction of sp³-hybridized carbons (Fsp3) is 0.500. The second kappa shape index (κ2) is 8.42. The van der Waals surface area contributed by atoms with Crippen molar-refractivity contribution < 1.29 is 26.1 Å². The Bertz CT molecular complexity index is 1050. The molecule has 0 unspecified atom stereocenters. The predicted molar refractivity (Wildman–Crippen MR) is 106 cm³/mol. The van der Waals surface area contributed by atoms with E-state index < -0.39 is 19.9 Å². The molecule has 3 rings (SSSR count). The van der Waals surface area contributed by atoms with Crippen LogP contribution in [0.2, 0.25) is 0 Å². The highest BCUT2D eigenvalue weighted by Gasteiger charge is 2.33. The molecule has 0 amide bonds. The monoisotopic (exact) mass is 443 g/mol. The molecule has 11 heteroatoms. The number of methoxy groups -OCH3 is 1. The number of rotatable bonds is 7. The number of benzene rings is 1. The SMILES string of the molecule is COc1cccc(S(=O)(=O)CCN2CCN(S(=O)(=O)c3c(C)noc3C)CC2)c1. The molecule has 0 N–H and O–H groups in total. The summed E-state index contributed by atoms with van der Waals surface area (Å²) in [7, 11) is -5.65. The van der Waals surface area contributed by atoms with Crippen LogP contribution in [0.4, 0.5) is 0 Å². The molecule has 2 aromatic rings. The first kappa shape index (κ1) is 21.8. The van der Waals surface area contributed by atoms with Crippen LogP contribution in [-0.2, 0) is 19.9 Å². The predicted octanol–water partition coefficient (Wildman–Crippen LogP) is 1.08. The molecule has 0 saturated carbocycles. The summed E-state index contributed by atoms with van der Waals surface area (Å²) < 4.78 is 62.4. The van der Waals surface area contributed by atoms with Crippen molar-refractivity contribution in [1.82, 2.24) is 14.4 Å². The normalized spacial score (nSPS) is 16.8. The molecule has 0 bridgehead atoms. The third-order valence-corrected chi connectivity index (χ3v) is 8.81. The molecule has 1 aromatic heterocycles. The molecule has 1 aliphatic heterocycles. The van der Waals surface area contributed by atoms with Gasteiger partial charge in [0.05, 0.1) is 17.8 Å². The third kappa shape index (κ3) is 4.63. The molecule has 1 aromatic carbocycles. The van der Waals surface area contributed by atoms with Gasteiger partial charge in [-0.2, -0.15) is 4.31 Å². The number of nitrogens with zero attached hydrogens (tertiary/aromatic N) is 3. The number of hydrogen-bond acceptors (Lipinski definition) is 8. The molecule has 0 radical (unpaired) electrons. The molecule has 1 saturated heterocycles. The van der Waals surface area contributed by atoms with Crippen LogP contribution in [0.1, 0.15) is 11.5 Å². The topological polar surface area (TPSA) is 110 Å². The summed E-state index contributed by atoms with van der Waals surface area (Å²) in [6.07, 6.45) is 0. The molecule has 1 aliphatic rings. The van der Waals surface area contributed by atoms with Gasteiger partial charge in [0.15, 0.2) is 15.6 Å². The van der Waals surface area contributed by atoms with Gasteiger partial charge < -0.3 is 9.26 Å². The lowest BCUT2D eigenvalue weighted by Crippen LogP contribution is -2.49. The molecule has 0 aliphatic carbocycles. The Kier molecular flexibility index (Phi) is 6.32. The second-order valence-corrected chi connectivity index (χ2v) is 10.9. The van der Waals surface area contributed by atoms with Crippen LogP contribution >= 0.6 is 0 Å². The van der Waals surface area contributed by atoms with Crippen molar-refractivity contribution in [3.8, 4) is 5.75 Å². The zero-order valence-corrected chi connectivity index (χ0v) is 18.3. The largest absolute Gasteiger partial charge is 0.497 e. The van der Waals surface area contributed by atoms with Crippen molar-refractivity contribution in [2.75, 3.05) is 45.6 Å². The number of sulfonamides is 1. The van der Waals surface area contributed by atoms with E-state index in [1.165, 1.54) is 17.5 Å². The van der Waals surface area contributed by atoms with Crippen molar-refractivity contribution in [2.45, 2.75) is 23.6 Å².